The van der Waals surface area contributed by atoms with Gasteiger partial charge in [-0.25, -0.2) is 0 Å². The Morgan fingerprint density at radius 1 is 0.771 bits per heavy atom. The topological polar surface area (TPSA) is 51.3 Å². The van der Waals surface area contributed by atoms with Crippen LogP contribution in [0.2, 0.25) is 5.04 Å². The van der Waals surface area contributed by atoms with Crippen molar-refractivity contribution in [3.63, 3.8) is 0 Å². The third kappa shape index (κ3) is 3.82. The van der Waals surface area contributed by atoms with Crippen LogP contribution in [0.25, 0.3) is 21.8 Å². The Kier molecular flexibility index (Phi) is 5.73. The predicted molar refractivity (Wildman–Crippen MR) is 146 cm³/mol. The van der Waals surface area contributed by atoms with Crippen LogP contribution in [0.15, 0.2) is 91.0 Å². The lowest BCUT2D eigenvalue weighted by molar-refractivity contribution is 0.112. The van der Waals surface area contributed by atoms with E-state index in [0.29, 0.717) is 11.3 Å². The summed E-state index contributed by atoms with van der Waals surface area (Å²) in [4.78, 5) is 15.9. The molecule has 1 heterocycles. The number of hydrogen-bond donors (Lipinski definition) is 1. The lowest BCUT2D eigenvalue weighted by atomic mass is 10.1. The van der Waals surface area contributed by atoms with Crippen LogP contribution in [0.5, 0.6) is 11.5 Å². The van der Waals surface area contributed by atoms with Gasteiger partial charge in [0.15, 0.2) is 6.29 Å². The smallest absolute Gasteiger partial charge is 0.319 e. The summed E-state index contributed by atoms with van der Waals surface area (Å²) in [5.74, 6) is 1.37. The SMILES string of the molecule is COc1ccc2[nH]c3cc(O[Si](c4ccccc4)(c4ccccc4)C(C)(C)C)c(C=O)cc3c2c1. The molecule has 0 aliphatic carbocycles. The number of methoxy groups -OCH3 is 1. The largest absolute Gasteiger partial charge is 0.533 e. The number of nitrogens with one attached hydrogen (secondary N) is 1. The summed E-state index contributed by atoms with van der Waals surface area (Å²) >= 11 is 0. The molecule has 0 atom stereocenters. The van der Waals surface area contributed by atoms with Crippen molar-refractivity contribution < 1.29 is 14.0 Å². The van der Waals surface area contributed by atoms with E-state index in [1.54, 1.807) is 7.11 Å². The number of ether oxygens (including phenoxy) is 1. The predicted octanol–water partition coefficient (Wildman–Crippen LogP) is 6.08. The summed E-state index contributed by atoms with van der Waals surface area (Å²) in [7, 11) is -1.22. The second kappa shape index (κ2) is 8.75. The van der Waals surface area contributed by atoms with Crippen molar-refractivity contribution in [3.8, 4) is 11.5 Å². The fraction of sp³-hybridized carbons (Fsp3) is 0.167. The van der Waals surface area contributed by atoms with Crippen LogP contribution in [-0.2, 0) is 0 Å². The van der Waals surface area contributed by atoms with Gasteiger partial charge in [-0.3, -0.25) is 4.79 Å². The molecular formula is C30H29NO3Si. The molecule has 0 unspecified atom stereocenters. The third-order valence-corrected chi connectivity index (χ3v) is 11.7. The number of aromatic nitrogens is 1. The number of rotatable bonds is 6. The van der Waals surface area contributed by atoms with Crippen LogP contribution in [0.1, 0.15) is 31.1 Å². The maximum Gasteiger partial charge on any atom is 0.319 e. The fourth-order valence-corrected chi connectivity index (χ4v) is 9.48. The Morgan fingerprint density at radius 3 is 1.91 bits per heavy atom. The number of fused-ring (bicyclic) bond motifs is 3. The maximum absolute atomic E-state index is 12.4. The molecule has 0 spiro atoms. The number of benzene rings is 4. The molecule has 0 aliphatic rings. The van der Waals surface area contributed by atoms with E-state index in [-0.39, 0.29) is 5.04 Å². The molecule has 1 aromatic heterocycles. The Balaban J connectivity index is 1.77. The van der Waals surface area contributed by atoms with E-state index in [1.165, 1.54) is 0 Å². The second-order valence-electron chi connectivity index (χ2n) is 9.86. The number of aromatic amines is 1. The van der Waals surface area contributed by atoms with Crippen LogP contribution in [0.4, 0.5) is 0 Å². The van der Waals surface area contributed by atoms with E-state index in [2.05, 4.69) is 74.3 Å². The van der Waals surface area contributed by atoms with Gasteiger partial charge in [0.2, 0.25) is 0 Å². The molecule has 176 valence electrons. The zero-order valence-corrected chi connectivity index (χ0v) is 21.5. The number of H-pyrrole nitrogens is 1. The molecule has 0 saturated carbocycles. The lowest BCUT2D eigenvalue weighted by Gasteiger charge is -2.43. The number of aldehydes is 1. The maximum atomic E-state index is 12.4. The quantitative estimate of drug-likeness (QED) is 0.237. The molecule has 0 aliphatic heterocycles. The Hall–Kier alpha value is -3.83. The van der Waals surface area contributed by atoms with Gasteiger partial charge in [0.05, 0.1) is 18.2 Å². The van der Waals surface area contributed by atoms with Crippen molar-refractivity contribution in [2.75, 3.05) is 7.11 Å². The van der Waals surface area contributed by atoms with E-state index in [0.717, 1.165) is 44.2 Å². The van der Waals surface area contributed by atoms with Gasteiger partial charge >= 0.3 is 8.32 Å². The molecule has 4 aromatic carbocycles. The van der Waals surface area contributed by atoms with Gasteiger partial charge in [-0.2, -0.15) is 0 Å². The first-order chi connectivity index (χ1) is 16.9. The average Bonchev–Trinajstić information content (AvgIpc) is 3.23. The first kappa shape index (κ1) is 22.9. The Morgan fingerprint density at radius 2 is 1.37 bits per heavy atom. The molecule has 0 radical (unpaired) electrons. The summed E-state index contributed by atoms with van der Waals surface area (Å²) in [5.41, 5.74) is 2.45. The van der Waals surface area contributed by atoms with Gasteiger partial charge in [0.1, 0.15) is 11.5 Å². The minimum Gasteiger partial charge on any atom is -0.533 e. The summed E-state index contributed by atoms with van der Waals surface area (Å²) in [6, 6.07) is 30.7. The second-order valence-corrected chi connectivity index (χ2v) is 14.1. The highest BCUT2D eigenvalue weighted by Crippen LogP contribution is 2.40. The first-order valence-corrected chi connectivity index (χ1v) is 13.7. The van der Waals surface area contributed by atoms with Gasteiger partial charge in [0.25, 0.3) is 0 Å². The standard InChI is InChI=1S/C30H29NO3Si/c1-30(2,3)35(23-11-7-5-8-12-23,24-13-9-6-10-14-24)34-29-19-28-25(17-21(29)20-32)26-18-22(33-4)15-16-27(26)31-28/h5-20,31H,1-4H3. The monoisotopic (exact) mass is 479 g/mol. The van der Waals surface area contributed by atoms with E-state index >= 15 is 0 Å². The molecule has 1 N–H and O–H groups in total. The van der Waals surface area contributed by atoms with Crippen molar-refractivity contribution in [2.24, 2.45) is 0 Å². The number of carbonyl (C=O) groups is 1. The minimum absolute atomic E-state index is 0.210. The summed E-state index contributed by atoms with van der Waals surface area (Å²) in [6.07, 6.45) is 0.894. The van der Waals surface area contributed by atoms with Gasteiger partial charge < -0.3 is 14.1 Å². The molecule has 0 saturated heterocycles. The van der Waals surface area contributed by atoms with Crippen LogP contribution in [0, 0.1) is 0 Å². The average molecular weight is 480 g/mol. The van der Waals surface area contributed by atoms with Crippen LogP contribution < -0.4 is 19.5 Å². The zero-order valence-electron chi connectivity index (χ0n) is 20.5. The van der Waals surface area contributed by atoms with Gasteiger partial charge in [-0.05, 0) is 39.7 Å². The van der Waals surface area contributed by atoms with E-state index in [4.69, 9.17) is 9.16 Å². The van der Waals surface area contributed by atoms with E-state index in [1.807, 2.05) is 42.5 Å². The number of carbonyl (C=O) groups excluding carboxylic acids is 1. The highest BCUT2D eigenvalue weighted by molar-refractivity contribution is 7.00. The van der Waals surface area contributed by atoms with Crippen LogP contribution in [-0.4, -0.2) is 26.7 Å². The van der Waals surface area contributed by atoms with Crippen molar-refractivity contribution in [2.45, 2.75) is 25.8 Å². The minimum atomic E-state index is -2.87. The molecule has 5 heteroatoms. The highest BCUT2D eigenvalue weighted by Gasteiger charge is 2.52. The van der Waals surface area contributed by atoms with Gasteiger partial charge in [-0.15, -0.1) is 0 Å². The van der Waals surface area contributed by atoms with E-state index < -0.39 is 8.32 Å². The first-order valence-electron chi connectivity index (χ1n) is 11.8. The van der Waals surface area contributed by atoms with Crippen molar-refractivity contribution in [1.29, 1.82) is 0 Å². The molecule has 0 bridgehead atoms. The van der Waals surface area contributed by atoms with Crippen LogP contribution in [0.3, 0.4) is 0 Å². The van der Waals surface area contributed by atoms with Crippen molar-refractivity contribution in [1.82, 2.24) is 4.98 Å². The van der Waals surface area contributed by atoms with Gasteiger partial charge in [-0.1, -0.05) is 81.4 Å². The Labute approximate surface area is 206 Å². The molecule has 4 nitrogen and oxygen atoms in total. The van der Waals surface area contributed by atoms with Gasteiger partial charge in [0, 0.05) is 22.4 Å². The van der Waals surface area contributed by atoms with Crippen molar-refractivity contribution >= 4 is 46.8 Å². The summed E-state index contributed by atoms with van der Waals surface area (Å²) < 4.78 is 12.6. The zero-order chi connectivity index (χ0) is 24.6. The molecule has 5 aromatic rings. The fourth-order valence-electron chi connectivity index (χ4n) is 5.04. The molecule has 0 fully saturated rings. The lowest BCUT2D eigenvalue weighted by Crippen LogP contribution is -2.68. The Bertz CT molecular complexity index is 1460. The summed E-state index contributed by atoms with van der Waals surface area (Å²) in [6.45, 7) is 6.69. The molecule has 35 heavy (non-hydrogen) atoms. The van der Waals surface area contributed by atoms with Crippen molar-refractivity contribution in [3.05, 3.63) is 96.6 Å². The van der Waals surface area contributed by atoms with Crippen LogP contribution >= 0.6 is 0 Å². The highest BCUT2D eigenvalue weighted by atomic mass is 28.4. The molecule has 0 amide bonds. The third-order valence-electron chi connectivity index (χ3n) is 6.74. The summed E-state index contributed by atoms with van der Waals surface area (Å²) in [5, 5.41) is 4.10. The molecular weight excluding hydrogens is 450 g/mol. The normalized spacial score (nSPS) is 12.1. The number of hydrogen-bond acceptors (Lipinski definition) is 3. The molecule has 5 rings (SSSR count). The van der Waals surface area contributed by atoms with E-state index in [9.17, 15) is 4.79 Å².